The maximum absolute atomic E-state index is 14.4. The molecule has 0 radical (unpaired) electrons. The second-order valence-corrected chi connectivity index (χ2v) is 8.70. The van der Waals surface area contributed by atoms with E-state index in [4.69, 9.17) is 0 Å². The van der Waals surface area contributed by atoms with Gasteiger partial charge in [-0.3, -0.25) is 4.79 Å². The number of anilines is 2. The van der Waals surface area contributed by atoms with E-state index in [-0.39, 0.29) is 29.5 Å². The number of aromatic nitrogens is 4. The third kappa shape index (κ3) is 3.77. The number of halogens is 2. The number of benzene rings is 1. The van der Waals surface area contributed by atoms with Crippen molar-refractivity contribution in [3.8, 4) is 0 Å². The van der Waals surface area contributed by atoms with Gasteiger partial charge in [0, 0.05) is 54.7 Å². The second-order valence-electron chi connectivity index (χ2n) is 8.70. The van der Waals surface area contributed by atoms with Crippen LogP contribution in [-0.2, 0) is 0 Å². The van der Waals surface area contributed by atoms with Crippen LogP contribution in [0, 0.1) is 12.7 Å². The number of fused-ring (bicyclic) bond motifs is 2. The molecule has 10 heteroatoms. The second kappa shape index (κ2) is 7.93. The molecular formula is C23H23ClFN7O. The lowest BCUT2D eigenvalue weighted by Gasteiger charge is -2.36. The first kappa shape index (κ1) is 21.5. The average Bonchev–Trinajstić information content (AvgIpc) is 3.41. The molecule has 0 atom stereocenters. The topological polar surface area (TPSA) is 87.5 Å². The molecule has 0 unspecified atom stereocenters. The number of carbonyl (C=O) groups excluding carboxylic acids is 1. The van der Waals surface area contributed by atoms with Crippen LogP contribution in [-0.4, -0.2) is 50.7 Å². The largest absolute Gasteiger partial charge is 0.368 e. The predicted molar refractivity (Wildman–Crippen MR) is 127 cm³/mol. The minimum Gasteiger partial charge on any atom is -0.368 e. The van der Waals surface area contributed by atoms with Gasteiger partial charge < -0.3 is 19.9 Å². The summed E-state index contributed by atoms with van der Waals surface area (Å²) in [6.45, 7) is 4.57. The number of aryl methyl sites for hydroxylation is 1. The first-order chi connectivity index (χ1) is 15.5. The monoisotopic (exact) mass is 467 g/mol. The van der Waals surface area contributed by atoms with Crippen LogP contribution in [0.25, 0.3) is 16.6 Å². The molecule has 1 amide bonds. The SMILES string of the molecule is Cc1cn2cc(NC(=O)c3ccc(N4CCNC5(CC5)C4)c4ccnnc34)cc(F)c2n1.Cl. The molecule has 1 aromatic carbocycles. The highest BCUT2D eigenvalue weighted by Crippen LogP contribution is 2.40. The van der Waals surface area contributed by atoms with Crippen molar-refractivity contribution in [2.75, 3.05) is 29.9 Å². The average molecular weight is 468 g/mol. The van der Waals surface area contributed by atoms with Crippen LogP contribution >= 0.6 is 12.4 Å². The zero-order chi connectivity index (χ0) is 21.9. The molecule has 1 spiro atoms. The molecule has 33 heavy (non-hydrogen) atoms. The van der Waals surface area contributed by atoms with Crippen molar-refractivity contribution in [2.24, 2.45) is 0 Å². The standard InChI is InChI=1S/C23H22FN7O.ClH/c1-14-11-31-12-15(10-18(24)21(31)27-14)28-22(32)17-2-3-19(16-4-7-26-29-20(16)17)30-9-8-25-23(13-30)5-6-23;/h2-4,7,10-12,25H,5-6,8-9,13H2,1H3,(H,28,32);1H. The molecule has 2 aliphatic rings. The third-order valence-electron chi connectivity index (χ3n) is 6.36. The molecule has 1 aliphatic heterocycles. The highest BCUT2D eigenvalue weighted by atomic mass is 35.5. The zero-order valence-corrected chi connectivity index (χ0v) is 18.8. The van der Waals surface area contributed by atoms with Crippen LogP contribution in [0.5, 0.6) is 0 Å². The van der Waals surface area contributed by atoms with Crippen molar-refractivity contribution < 1.29 is 9.18 Å². The van der Waals surface area contributed by atoms with Gasteiger partial charge in [0.05, 0.1) is 23.1 Å². The van der Waals surface area contributed by atoms with Gasteiger partial charge in [0.25, 0.3) is 5.91 Å². The molecule has 6 rings (SSSR count). The lowest BCUT2D eigenvalue weighted by Crippen LogP contribution is -2.52. The van der Waals surface area contributed by atoms with Gasteiger partial charge in [0.2, 0.25) is 0 Å². The number of nitrogens with one attached hydrogen (secondary N) is 2. The van der Waals surface area contributed by atoms with Crippen LogP contribution in [0.15, 0.2) is 42.9 Å². The highest BCUT2D eigenvalue weighted by molar-refractivity contribution is 6.13. The zero-order valence-electron chi connectivity index (χ0n) is 18.0. The summed E-state index contributed by atoms with van der Waals surface area (Å²) in [6.07, 6.45) is 7.39. The van der Waals surface area contributed by atoms with E-state index in [1.165, 1.54) is 18.9 Å². The highest BCUT2D eigenvalue weighted by Gasteiger charge is 2.45. The van der Waals surface area contributed by atoms with Gasteiger partial charge in [-0.2, -0.15) is 5.10 Å². The Balaban J connectivity index is 0.00000228. The van der Waals surface area contributed by atoms with Crippen molar-refractivity contribution in [3.05, 3.63) is 59.9 Å². The Hall–Kier alpha value is -3.30. The van der Waals surface area contributed by atoms with Crippen molar-refractivity contribution in [3.63, 3.8) is 0 Å². The Kier molecular flexibility index (Phi) is 5.18. The molecule has 4 aromatic rings. The fourth-order valence-electron chi connectivity index (χ4n) is 4.62. The van der Waals surface area contributed by atoms with E-state index >= 15 is 0 Å². The first-order valence-corrected chi connectivity index (χ1v) is 10.7. The molecule has 4 heterocycles. The predicted octanol–water partition coefficient (Wildman–Crippen LogP) is 3.34. The summed E-state index contributed by atoms with van der Waals surface area (Å²) in [5, 5.41) is 15.6. The van der Waals surface area contributed by atoms with Gasteiger partial charge in [-0.05, 0) is 38.0 Å². The Bertz CT molecular complexity index is 1380. The van der Waals surface area contributed by atoms with Crippen LogP contribution in [0.3, 0.4) is 0 Å². The van der Waals surface area contributed by atoms with Crippen molar-refractivity contribution in [1.29, 1.82) is 0 Å². The summed E-state index contributed by atoms with van der Waals surface area (Å²) in [5.41, 5.74) is 3.49. The molecule has 2 N–H and O–H groups in total. The molecule has 3 aromatic heterocycles. The van der Waals surface area contributed by atoms with Gasteiger partial charge >= 0.3 is 0 Å². The lowest BCUT2D eigenvalue weighted by molar-refractivity contribution is 0.102. The summed E-state index contributed by atoms with van der Waals surface area (Å²) in [6, 6.07) is 6.93. The molecule has 1 aliphatic carbocycles. The first-order valence-electron chi connectivity index (χ1n) is 10.7. The number of rotatable bonds is 3. The maximum atomic E-state index is 14.4. The molecule has 170 valence electrons. The minimum absolute atomic E-state index is 0. The van der Waals surface area contributed by atoms with E-state index < -0.39 is 5.82 Å². The van der Waals surface area contributed by atoms with Gasteiger partial charge in [0.15, 0.2) is 11.5 Å². The molecule has 2 fully saturated rings. The fourth-order valence-corrected chi connectivity index (χ4v) is 4.62. The Morgan fingerprint density at radius 1 is 1.24 bits per heavy atom. The van der Waals surface area contributed by atoms with E-state index in [1.807, 2.05) is 12.1 Å². The fraction of sp³-hybridized carbons (Fsp3) is 0.304. The number of amides is 1. The van der Waals surface area contributed by atoms with Crippen molar-refractivity contribution >= 4 is 46.2 Å². The van der Waals surface area contributed by atoms with E-state index in [1.54, 1.807) is 36.0 Å². The molecule has 1 saturated carbocycles. The Labute approximate surface area is 195 Å². The Morgan fingerprint density at radius 2 is 2.09 bits per heavy atom. The third-order valence-corrected chi connectivity index (χ3v) is 6.36. The normalized spacial score (nSPS) is 16.7. The molecule has 0 bridgehead atoms. The van der Waals surface area contributed by atoms with E-state index in [2.05, 4.69) is 30.7 Å². The quantitative estimate of drug-likeness (QED) is 0.480. The van der Waals surface area contributed by atoms with Gasteiger partial charge in [-0.1, -0.05) is 0 Å². The van der Waals surface area contributed by atoms with E-state index in [0.717, 1.165) is 30.7 Å². The Morgan fingerprint density at radius 3 is 2.91 bits per heavy atom. The smallest absolute Gasteiger partial charge is 0.257 e. The summed E-state index contributed by atoms with van der Waals surface area (Å²) in [7, 11) is 0. The summed E-state index contributed by atoms with van der Waals surface area (Å²) in [4.78, 5) is 19.6. The summed E-state index contributed by atoms with van der Waals surface area (Å²) in [5.74, 6) is -0.861. The number of hydrogen-bond donors (Lipinski definition) is 2. The van der Waals surface area contributed by atoms with Crippen molar-refractivity contribution in [1.82, 2.24) is 24.9 Å². The van der Waals surface area contributed by atoms with Gasteiger partial charge in [-0.15, -0.1) is 17.5 Å². The number of carbonyl (C=O) groups is 1. The van der Waals surface area contributed by atoms with Crippen LogP contribution in [0.4, 0.5) is 15.8 Å². The summed E-state index contributed by atoms with van der Waals surface area (Å²) >= 11 is 0. The number of imidazole rings is 1. The van der Waals surface area contributed by atoms with Gasteiger partial charge in [0.1, 0.15) is 5.52 Å². The van der Waals surface area contributed by atoms with Gasteiger partial charge in [-0.25, -0.2) is 9.37 Å². The number of hydrogen-bond acceptors (Lipinski definition) is 6. The van der Waals surface area contributed by atoms with E-state index in [0.29, 0.717) is 22.5 Å². The molecule has 8 nitrogen and oxygen atoms in total. The minimum atomic E-state index is -0.497. The summed E-state index contributed by atoms with van der Waals surface area (Å²) < 4.78 is 16.0. The maximum Gasteiger partial charge on any atom is 0.257 e. The molecule has 1 saturated heterocycles. The lowest BCUT2D eigenvalue weighted by atomic mass is 10.0. The number of nitrogens with zero attached hydrogens (tertiary/aromatic N) is 5. The number of pyridine rings is 1. The van der Waals surface area contributed by atoms with Crippen LogP contribution < -0.4 is 15.5 Å². The number of piperazine rings is 1. The van der Waals surface area contributed by atoms with E-state index in [9.17, 15) is 9.18 Å². The van der Waals surface area contributed by atoms with Crippen LogP contribution in [0.1, 0.15) is 28.9 Å². The van der Waals surface area contributed by atoms with Crippen LogP contribution in [0.2, 0.25) is 0 Å². The molecular weight excluding hydrogens is 445 g/mol. The van der Waals surface area contributed by atoms with Crippen molar-refractivity contribution in [2.45, 2.75) is 25.3 Å².